The number of hydrogen-bond acceptors (Lipinski definition) is 3. The first-order valence-electron chi connectivity index (χ1n) is 8.16. The van der Waals surface area contributed by atoms with E-state index in [0.29, 0.717) is 0 Å². The van der Waals surface area contributed by atoms with Crippen molar-refractivity contribution in [3.05, 3.63) is 0 Å². The van der Waals surface area contributed by atoms with E-state index >= 15 is 0 Å². The van der Waals surface area contributed by atoms with Crippen LogP contribution in [0.1, 0.15) is 53.4 Å². The van der Waals surface area contributed by atoms with Gasteiger partial charge >= 0.3 is 0 Å². The van der Waals surface area contributed by atoms with Crippen LogP contribution in [0.4, 0.5) is 0 Å². The lowest BCUT2D eigenvalue weighted by Crippen LogP contribution is -2.53. The molecule has 0 saturated carbocycles. The fraction of sp³-hybridized carbons (Fsp3) is 0.938. The number of nitrogens with zero attached hydrogens (tertiary/aromatic N) is 1. The molecule has 0 aromatic carbocycles. The molecule has 1 fully saturated rings. The van der Waals surface area contributed by atoms with Crippen molar-refractivity contribution in [2.45, 2.75) is 58.9 Å². The van der Waals surface area contributed by atoms with Crippen LogP contribution in [-0.2, 0) is 4.79 Å². The minimum absolute atomic E-state index is 0.230. The van der Waals surface area contributed by atoms with Crippen molar-refractivity contribution in [2.75, 3.05) is 26.2 Å². The van der Waals surface area contributed by atoms with E-state index in [0.717, 1.165) is 44.2 Å². The van der Waals surface area contributed by atoms with Gasteiger partial charge in [0.2, 0.25) is 5.91 Å². The molecule has 1 aliphatic heterocycles. The summed E-state index contributed by atoms with van der Waals surface area (Å²) in [7, 11) is 0. The summed E-state index contributed by atoms with van der Waals surface area (Å²) in [4.78, 5) is 14.2. The van der Waals surface area contributed by atoms with Crippen molar-refractivity contribution in [3.63, 3.8) is 0 Å². The number of carbonyl (C=O) groups is 1. The summed E-state index contributed by atoms with van der Waals surface area (Å²) in [5, 5.41) is 3.31. The number of primary amides is 1. The van der Waals surface area contributed by atoms with Crippen LogP contribution in [0.15, 0.2) is 0 Å². The van der Waals surface area contributed by atoms with E-state index in [-0.39, 0.29) is 5.91 Å². The lowest BCUT2D eigenvalue weighted by Gasteiger charge is -2.36. The lowest BCUT2D eigenvalue weighted by atomic mass is 9.88. The van der Waals surface area contributed by atoms with Gasteiger partial charge in [0.05, 0.1) is 5.54 Å². The normalized spacial score (nSPS) is 27.2. The Kier molecular flexibility index (Phi) is 6.96. The molecule has 0 aromatic heterocycles. The number of carbonyl (C=O) groups excluding carboxylic acids is 1. The molecule has 3 N–H and O–H groups in total. The summed E-state index contributed by atoms with van der Waals surface area (Å²) in [5.41, 5.74) is 5.01. The highest BCUT2D eigenvalue weighted by molar-refractivity contribution is 5.84. The fourth-order valence-corrected chi connectivity index (χ4v) is 2.91. The van der Waals surface area contributed by atoms with Crippen LogP contribution < -0.4 is 11.1 Å². The zero-order chi connectivity index (χ0) is 15.2. The van der Waals surface area contributed by atoms with Gasteiger partial charge in [-0.1, -0.05) is 20.8 Å². The summed E-state index contributed by atoms with van der Waals surface area (Å²) in [6.45, 7) is 13.0. The standard InChI is InChI=1S/C16H33N3O/c1-5-9-18-16(4,15(17)20)8-6-10-19-11-7-13(2)14(3)12-19/h13-14,18H,5-12H2,1-4H3,(H2,17,20). The molecule has 1 amide bonds. The molecule has 0 bridgehead atoms. The Balaban J connectivity index is 2.35. The van der Waals surface area contributed by atoms with Crippen LogP contribution in [0, 0.1) is 11.8 Å². The molecule has 1 rings (SSSR count). The molecule has 118 valence electrons. The first kappa shape index (κ1) is 17.4. The molecule has 3 unspecified atom stereocenters. The van der Waals surface area contributed by atoms with Crippen LogP contribution in [0.2, 0.25) is 0 Å². The maximum absolute atomic E-state index is 11.7. The second kappa shape index (κ2) is 7.99. The van der Waals surface area contributed by atoms with E-state index in [1.54, 1.807) is 0 Å². The Hall–Kier alpha value is -0.610. The Morgan fingerprint density at radius 3 is 2.65 bits per heavy atom. The molecule has 3 atom stereocenters. The van der Waals surface area contributed by atoms with Crippen molar-refractivity contribution in [1.82, 2.24) is 10.2 Å². The Bertz CT molecular complexity index is 308. The highest BCUT2D eigenvalue weighted by atomic mass is 16.1. The summed E-state index contributed by atoms with van der Waals surface area (Å²) in [6, 6.07) is 0. The molecule has 0 aromatic rings. The van der Waals surface area contributed by atoms with Crippen molar-refractivity contribution in [3.8, 4) is 0 Å². The molecule has 0 spiro atoms. The summed E-state index contributed by atoms with van der Waals surface area (Å²) in [6.07, 6.45) is 4.16. The third-order valence-corrected chi connectivity index (χ3v) is 4.88. The number of rotatable bonds is 8. The third-order valence-electron chi connectivity index (χ3n) is 4.88. The summed E-state index contributed by atoms with van der Waals surface area (Å²) < 4.78 is 0. The first-order chi connectivity index (χ1) is 9.39. The predicted molar refractivity (Wildman–Crippen MR) is 84.5 cm³/mol. The van der Waals surface area contributed by atoms with Gasteiger partial charge in [-0.2, -0.15) is 0 Å². The average Bonchev–Trinajstić information content (AvgIpc) is 2.40. The van der Waals surface area contributed by atoms with Gasteiger partial charge in [0.15, 0.2) is 0 Å². The summed E-state index contributed by atoms with van der Waals surface area (Å²) >= 11 is 0. The maximum Gasteiger partial charge on any atom is 0.237 e. The number of amides is 1. The predicted octanol–water partition coefficient (Wildman–Crippen LogP) is 1.99. The van der Waals surface area contributed by atoms with Crippen LogP contribution >= 0.6 is 0 Å². The second-order valence-electron chi connectivity index (χ2n) is 6.77. The van der Waals surface area contributed by atoms with E-state index in [1.165, 1.54) is 19.5 Å². The van der Waals surface area contributed by atoms with Gasteiger partial charge in [0.25, 0.3) is 0 Å². The average molecular weight is 283 g/mol. The van der Waals surface area contributed by atoms with Crippen molar-refractivity contribution in [1.29, 1.82) is 0 Å². The molecule has 4 nitrogen and oxygen atoms in total. The van der Waals surface area contributed by atoms with E-state index < -0.39 is 5.54 Å². The number of likely N-dealkylation sites (tertiary alicyclic amines) is 1. The zero-order valence-corrected chi connectivity index (χ0v) is 13.7. The smallest absolute Gasteiger partial charge is 0.237 e. The Morgan fingerprint density at radius 1 is 1.40 bits per heavy atom. The Labute approximate surface area is 124 Å². The van der Waals surface area contributed by atoms with Crippen molar-refractivity contribution >= 4 is 5.91 Å². The van der Waals surface area contributed by atoms with Gasteiger partial charge in [-0.05, 0) is 64.1 Å². The Morgan fingerprint density at radius 2 is 2.10 bits per heavy atom. The molecule has 0 radical (unpaired) electrons. The molecule has 4 heteroatoms. The second-order valence-corrected chi connectivity index (χ2v) is 6.77. The van der Waals surface area contributed by atoms with Gasteiger partial charge in [0.1, 0.15) is 0 Å². The van der Waals surface area contributed by atoms with Crippen LogP contribution in [0.5, 0.6) is 0 Å². The highest BCUT2D eigenvalue weighted by Gasteiger charge is 2.30. The van der Waals surface area contributed by atoms with Gasteiger partial charge in [-0.3, -0.25) is 4.79 Å². The fourth-order valence-electron chi connectivity index (χ4n) is 2.91. The van der Waals surface area contributed by atoms with Crippen molar-refractivity contribution in [2.24, 2.45) is 17.6 Å². The summed E-state index contributed by atoms with van der Waals surface area (Å²) in [5.74, 6) is 1.39. The zero-order valence-electron chi connectivity index (χ0n) is 13.7. The van der Waals surface area contributed by atoms with Gasteiger partial charge < -0.3 is 16.0 Å². The number of piperidine rings is 1. The van der Waals surface area contributed by atoms with E-state index in [1.807, 2.05) is 6.92 Å². The minimum Gasteiger partial charge on any atom is -0.368 e. The maximum atomic E-state index is 11.7. The monoisotopic (exact) mass is 283 g/mol. The first-order valence-corrected chi connectivity index (χ1v) is 8.16. The molecule has 1 saturated heterocycles. The topological polar surface area (TPSA) is 58.4 Å². The molecular formula is C16H33N3O. The number of nitrogens with one attached hydrogen (secondary N) is 1. The van der Waals surface area contributed by atoms with E-state index in [2.05, 4.69) is 31.0 Å². The van der Waals surface area contributed by atoms with Crippen LogP contribution in [0.3, 0.4) is 0 Å². The number of hydrogen-bond donors (Lipinski definition) is 2. The SMILES string of the molecule is CCCNC(C)(CCCN1CCC(C)C(C)C1)C(N)=O. The van der Waals surface area contributed by atoms with Crippen LogP contribution in [0.25, 0.3) is 0 Å². The lowest BCUT2D eigenvalue weighted by molar-refractivity contribution is -0.124. The van der Waals surface area contributed by atoms with Gasteiger partial charge in [0, 0.05) is 6.54 Å². The molecular weight excluding hydrogens is 250 g/mol. The quantitative estimate of drug-likeness (QED) is 0.716. The third kappa shape index (κ3) is 5.06. The largest absolute Gasteiger partial charge is 0.368 e. The van der Waals surface area contributed by atoms with Crippen LogP contribution in [-0.4, -0.2) is 42.5 Å². The van der Waals surface area contributed by atoms with E-state index in [4.69, 9.17) is 5.73 Å². The van der Waals surface area contributed by atoms with E-state index in [9.17, 15) is 4.79 Å². The molecule has 20 heavy (non-hydrogen) atoms. The molecule has 0 aliphatic carbocycles. The number of nitrogens with two attached hydrogens (primary N) is 1. The highest BCUT2D eigenvalue weighted by Crippen LogP contribution is 2.23. The van der Waals surface area contributed by atoms with Gasteiger partial charge in [-0.15, -0.1) is 0 Å². The molecule has 1 heterocycles. The minimum atomic E-state index is -0.551. The molecule has 1 aliphatic rings. The van der Waals surface area contributed by atoms with Crippen molar-refractivity contribution < 1.29 is 4.79 Å². The van der Waals surface area contributed by atoms with Gasteiger partial charge in [-0.25, -0.2) is 0 Å².